The zero-order valence-corrected chi connectivity index (χ0v) is 51.7. The maximum atomic E-state index is 12.9. The number of hydrogen-bond donors (Lipinski definition) is 0. The molecular weight excluding hydrogens is 949 g/mol. The van der Waals surface area contributed by atoms with Crippen LogP contribution in [0.5, 0.6) is 0 Å². The minimum absolute atomic E-state index is 0.0700. The van der Waals surface area contributed by atoms with Gasteiger partial charge >= 0.3 is 17.9 Å². The molecule has 6 heteroatoms. The van der Waals surface area contributed by atoms with E-state index in [1.165, 1.54) is 257 Å². The van der Waals surface area contributed by atoms with Crippen molar-refractivity contribution in [2.24, 2.45) is 0 Å². The van der Waals surface area contributed by atoms with Crippen molar-refractivity contribution in [1.29, 1.82) is 0 Å². The zero-order chi connectivity index (χ0) is 55.7. The molecule has 0 aliphatic rings. The van der Waals surface area contributed by atoms with Gasteiger partial charge in [-0.3, -0.25) is 14.4 Å². The third-order valence-electron chi connectivity index (χ3n) is 15.3. The molecule has 0 aliphatic carbocycles. The summed E-state index contributed by atoms with van der Waals surface area (Å²) < 4.78 is 16.9. The molecule has 6 nitrogen and oxygen atoms in total. The Morgan fingerprint density at radius 3 is 0.740 bits per heavy atom. The lowest BCUT2D eigenvalue weighted by atomic mass is 10.0. The summed E-state index contributed by atoms with van der Waals surface area (Å²) in [5.41, 5.74) is 0. The summed E-state index contributed by atoms with van der Waals surface area (Å²) in [4.78, 5) is 38.2. The Kier molecular flexibility index (Phi) is 63.6. The van der Waals surface area contributed by atoms with Crippen molar-refractivity contribution in [3.05, 3.63) is 48.6 Å². The molecule has 0 bridgehead atoms. The van der Waals surface area contributed by atoms with E-state index in [1.807, 2.05) is 0 Å². The first kappa shape index (κ1) is 74.4. The Balaban J connectivity index is 4.12. The van der Waals surface area contributed by atoms with E-state index in [-0.39, 0.29) is 31.1 Å². The highest BCUT2D eigenvalue weighted by Crippen LogP contribution is 2.17. The van der Waals surface area contributed by atoms with Crippen LogP contribution in [0, 0.1) is 0 Å². The number of esters is 3. The molecule has 0 aromatic carbocycles. The van der Waals surface area contributed by atoms with E-state index in [0.717, 1.165) is 70.6 Å². The fraction of sp³-hybridized carbons (Fsp3) is 0.845. The van der Waals surface area contributed by atoms with Gasteiger partial charge in [0, 0.05) is 19.3 Å². The summed E-state index contributed by atoms with van der Waals surface area (Å²) in [6.45, 7) is 6.66. The van der Waals surface area contributed by atoms with Crippen molar-refractivity contribution in [3.8, 4) is 0 Å². The molecule has 1 unspecified atom stereocenters. The van der Waals surface area contributed by atoms with Crippen LogP contribution in [0.15, 0.2) is 48.6 Å². The smallest absolute Gasteiger partial charge is 0.306 e. The molecular formula is C71H130O6. The van der Waals surface area contributed by atoms with Gasteiger partial charge in [0.2, 0.25) is 0 Å². The van der Waals surface area contributed by atoms with Crippen LogP contribution in [-0.2, 0) is 28.6 Å². The van der Waals surface area contributed by atoms with Crippen molar-refractivity contribution in [3.63, 3.8) is 0 Å². The molecule has 0 rings (SSSR count). The van der Waals surface area contributed by atoms with Crippen molar-refractivity contribution in [2.45, 2.75) is 374 Å². The monoisotopic (exact) mass is 1080 g/mol. The van der Waals surface area contributed by atoms with E-state index in [1.54, 1.807) is 0 Å². The van der Waals surface area contributed by atoms with Crippen LogP contribution in [0.25, 0.3) is 0 Å². The van der Waals surface area contributed by atoms with Crippen LogP contribution in [0.1, 0.15) is 367 Å². The summed E-state index contributed by atoms with van der Waals surface area (Å²) in [7, 11) is 0. The quantitative estimate of drug-likeness (QED) is 0.0261. The fourth-order valence-corrected chi connectivity index (χ4v) is 10.2. The van der Waals surface area contributed by atoms with Crippen LogP contribution in [0.4, 0.5) is 0 Å². The summed E-state index contributed by atoms with van der Waals surface area (Å²) in [5.74, 6) is -0.854. The number of unbranched alkanes of at least 4 members (excludes halogenated alkanes) is 44. The number of rotatable bonds is 63. The van der Waals surface area contributed by atoms with Gasteiger partial charge in [-0.25, -0.2) is 0 Å². The largest absolute Gasteiger partial charge is 0.462 e. The molecule has 1 atom stereocenters. The highest BCUT2D eigenvalue weighted by atomic mass is 16.6. The molecule has 0 saturated carbocycles. The van der Waals surface area contributed by atoms with Gasteiger partial charge in [-0.1, -0.05) is 313 Å². The Hall–Kier alpha value is -2.63. The first-order valence-corrected chi connectivity index (χ1v) is 34.1. The van der Waals surface area contributed by atoms with Crippen LogP contribution in [0.3, 0.4) is 0 Å². The Morgan fingerprint density at radius 2 is 0.468 bits per heavy atom. The lowest BCUT2D eigenvalue weighted by Gasteiger charge is -2.18. The second-order valence-corrected chi connectivity index (χ2v) is 23.1. The van der Waals surface area contributed by atoms with Crippen molar-refractivity contribution < 1.29 is 28.6 Å². The summed E-state index contributed by atoms with van der Waals surface area (Å²) >= 11 is 0. The maximum absolute atomic E-state index is 12.9. The van der Waals surface area contributed by atoms with E-state index >= 15 is 0 Å². The molecule has 0 saturated heterocycles. The van der Waals surface area contributed by atoms with Gasteiger partial charge in [0.15, 0.2) is 6.10 Å². The molecule has 0 aromatic rings. The van der Waals surface area contributed by atoms with Crippen molar-refractivity contribution in [1.82, 2.24) is 0 Å². The van der Waals surface area contributed by atoms with Crippen LogP contribution in [-0.4, -0.2) is 37.2 Å². The predicted molar refractivity (Wildman–Crippen MR) is 335 cm³/mol. The molecule has 450 valence electrons. The summed E-state index contributed by atoms with van der Waals surface area (Å²) in [5, 5.41) is 0. The lowest BCUT2D eigenvalue weighted by Crippen LogP contribution is -2.30. The van der Waals surface area contributed by atoms with E-state index in [2.05, 4.69) is 69.4 Å². The van der Waals surface area contributed by atoms with Gasteiger partial charge in [0.1, 0.15) is 13.2 Å². The van der Waals surface area contributed by atoms with Crippen LogP contribution >= 0.6 is 0 Å². The van der Waals surface area contributed by atoms with Crippen LogP contribution < -0.4 is 0 Å². The topological polar surface area (TPSA) is 78.9 Å². The number of allylic oxidation sites excluding steroid dienone is 8. The maximum Gasteiger partial charge on any atom is 0.306 e. The van der Waals surface area contributed by atoms with Gasteiger partial charge in [0.25, 0.3) is 0 Å². The highest BCUT2D eigenvalue weighted by molar-refractivity contribution is 5.71. The average molecular weight is 1080 g/mol. The molecule has 0 radical (unpaired) electrons. The van der Waals surface area contributed by atoms with Gasteiger partial charge in [-0.05, 0) is 83.5 Å². The van der Waals surface area contributed by atoms with Crippen LogP contribution in [0.2, 0.25) is 0 Å². The van der Waals surface area contributed by atoms with Gasteiger partial charge in [-0.15, -0.1) is 0 Å². The van der Waals surface area contributed by atoms with E-state index in [9.17, 15) is 14.4 Å². The fourth-order valence-electron chi connectivity index (χ4n) is 10.2. The average Bonchev–Trinajstić information content (AvgIpc) is 3.43. The van der Waals surface area contributed by atoms with Gasteiger partial charge in [-0.2, -0.15) is 0 Å². The lowest BCUT2D eigenvalue weighted by molar-refractivity contribution is -0.167. The second kappa shape index (κ2) is 65.9. The number of carbonyl (C=O) groups excluding carboxylic acids is 3. The first-order chi connectivity index (χ1) is 38.0. The molecule has 0 spiro atoms. The van der Waals surface area contributed by atoms with Crippen molar-refractivity contribution >= 4 is 17.9 Å². The molecule has 0 N–H and O–H groups in total. The molecule has 0 heterocycles. The number of carbonyl (C=O) groups is 3. The normalized spacial score (nSPS) is 12.3. The Bertz CT molecular complexity index is 1330. The molecule has 0 aliphatic heterocycles. The highest BCUT2D eigenvalue weighted by Gasteiger charge is 2.19. The Labute approximate surface area is 479 Å². The summed E-state index contributed by atoms with van der Waals surface area (Å²) in [6, 6.07) is 0. The molecule has 0 amide bonds. The Morgan fingerprint density at radius 1 is 0.260 bits per heavy atom. The first-order valence-electron chi connectivity index (χ1n) is 34.1. The van der Waals surface area contributed by atoms with Crippen molar-refractivity contribution in [2.75, 3.05) is 13.2 Å². The second-order valence-electron chi connectivity index (χ2n) is 23.1. The number of ether oxygens (including phenoxy) is 3. The van der Waals surface area contributed by atoms with E-state index in [0.29, 0.717) is 19.3 Å². The third kappa shape index (κ3) is 64.1. The minimum atomic E-state index is -0.772. The standard InChI is InChI=1S/C71H130O6/c1-4-7-10-13-16-19-22-24-26-28-30-31-32-33-34-35-36-37-38-39-40-41-42-44-45-47-49-52-55-58-61-64-70(73)76-67-68(66-75-69(72)63-60-57-54-51-21-18-15-12-9-6-3)77-71(74)65-62-59-56-53-50-48-46-43-29-27-25-23-20-17-14-11-8-5-2/h22,24,27-30,32-33,68H,4-21,23,25-26,31,34-67H2,1-3H3/b24-22-,29-27-,30-28-,33-32-. The van der Waals surface area contributed by atoms with E-state index < -0.39 is 6.10 Å². The predicted octanol–water partition coefficient (Wildman–Crippen LogP) is 23.3. The van der Waals surface area contributed by atoms with E-state index in [4.69, 9.17) is 14.2 Å². The zero-order valence-electron chi connectivity index (χ0n) is 51.7. The summed E-state index contributed by atoms with van der Waals surface area (Å²) in [6.07, 6.45) is 82.9. The molecule has 0 aromatic heterocycles. The van der Waals surface area contributed by atoms with Gasteiger partial charge in [0.05, 0.1) is 0 Å². The van der Waals surface area contributed by atoms with Gasteiger partial charge < -0.3 is 14.2 Å². The SMILES string of the molecule is CCCCCCC/C=C\C/C=C\C/C=C\CCCCCCCCCCCCCCCCCCC(=O)OCC(COC(=O)CCCCCCCCCCCC)OC(=O)CCCCCCCCC/C=C\CCCCCCCCC. The number of hydrogen-bond acceptors (Lipinski definition) is 6. The third-order valence-corrected chi connectivity index (χ3v) is 15.3. The molecule has 77 heavy (non-hydrogen) atoms. The molecule has 0 fully saturated rings. The minimum Gasteiger partial charge on any atom is -0.462 e.